The topological polar surface area (TPSA) is 76.4 Å². The Morgan fingerprint density at radius 2 is 2.15 bits per heavy atom. The van der Waals surface area contributed by atoms with Crippen LogP contribution in [0.1, 0.15) is 20.3 Å². The second-order valence-corrected chi connectivity index (χ2v) is 3.20. The van der Waals surface area contributed by atoms with Gasteiger partial charge in [-0.2, -0.15) is 0 Å². The number of hydrazine groups is 1. The van der Waals surface area contributed by atoms with Crippen LogP contribution in [0.25, 0.3) is 0 Å². The van der Waals surface area contributed by atoms with Gasteiger partial charge >= 0.3 is 6.03 Å². The zero-order valence-electron chi connectivity index (χ0n) is 8.30. The maximum absolute atomic E-state index is 10.5. The van der Waals surface area contributed by atoms with Gasteiger partial charge in [0.05, 0.1) is 6.61 Å². The van der Waals surface area contributed by atoms with Crippen LogP contribution in [0.15, 0.2) is 0 Å². The van der Waals surface area contributed by atoms with Gasteiger partial charge < -0.3 is 10.1 Å². The summed E-state index contributed by atoms with van der Waals surface area (Å²) in [7, 11) is 0. The Hall–Kier alpha value is -0.810. The van der Waals surface area contributed by atoms with E-state index in [0.717, 1.165) is 13.0 Å². The maximum Gasteiger partial charge on any atom is 0.328 e. The number of rotatable bonds is 6. The molecule has 5 nitrogen and oxygen atoms in total. The summed E-state index contributed by atoms with van der Waals surface area (Å²) in [5.41, 5.74) is 1.97. The van der Waals surface area contributed by atoms with Crippen molar-refractivity contribution in [1.29, 1.82) is 0 Å². The molecule has 0 aromatic heterocycles. The molecule has 5 heteroatoms. The quantitative estimate of drug-likeness (QED) is 0.242. The molecule has 0 saturated heterocycles. The van der Waals surface area contributed by atoms with Crippen molar-refractivity contribution < 1.29 is 9.53 Å². The number of carbonyl (C=O) groups excluding carboxylic acids is 1. The van der Waals surface area contributed by atoms with Gasteiger partial charge in [-0.25, -0.2) is 10.6 Å². The zero-order valence-corrected chi connectivity index (χ0v) is 8.30. The van der Waals surface area contributed by atoms with Gasteiger partial charge in [0, 0.05) is 13.2 Å². The first kappa shape index (κ1) is 12.2. The molecule has 0 heterocycles. The summed E-state index contributed by atoms with van der Waals surface area (Å²) in [5.74, 6) is 5.50. The first-order chi connectivity index (χ1) is 6.16. The molecule has 0 aromatic carbocycles. The van der Waals surface area contributed by atoms with E-state index in [0.29, 0.717) is 19.1 Å². The fourth-order valence-corrected chi connectivity index (χ4v) is 0.709. The molecule has 0 atom stereocenters. The van der Waals surface area contributed by atoms with Gasteiger partial charge in [-0.1, -0.05) is 13.8 Å². The SMILES string of the molecule is CC(C)CCOCCNC(=O)NN. The third kappa shape index (κ3) is 9.10. The van der Waals surface area contributed by atoms with E-state index in [9.17, 15) is 4.79 Å². The molecule has 0 bridgehead atoms. The van der Waals surface area contributed by atoms with E-state index in [1.54, 1.807) is 0 Å². The lowest BCUT2D eigenvalue weighted by molar-refractivity contribution is 0.126. The molecule has 0 fully saturated rings. The van der Waals surface area contributed by atoms with E-state index < -0.39 is 0 Å². The average Bonchev–Trinajstić information content (AvgIpc) is 2.10. The molecule has 0 aliphatic heterocycles. The Labute approximate surface area is 79.0 Å². The Morgan fingerprint density at radius 3 is 2.69 bits per heavy atom. The maximum atomic E-state index is 10.5. The van der Waals surface area contributed by atoms with E-state index in [1.807, 2.05) is 5.43 Å². The standard InChI is InChI=1S/C8H19N3O2/c1-7(2)3-5-13-6-4-10-8(12)11-9/h7H,3-6,9H2,1-2H3,(H2,10,11,12). The summed E-state index contributed by atoms with van der Waals surface area (Å²) in [5, 5.41) is 2.52. The molecule has 0 aliphatic rings. The van der Waals surface area contributed by atoms with Crippen LogP contribution in [0.3, 0.4) is 0 Å². The highest BCUT2D eigenvalue weighted by Crippen LogP contribution is 1.97. The second kappa shape index (κ2) is 7.82. The highest BCUT2D eigenvalue weighted by molar-refractivity contribution is 5.72. The number of carbonyl (C=O) groups is 1. The lowest BCUT2D eigenvalue weighted by atomic mass is 10.1. The molecule has 78 valence electrons. The molecule has 0 unspecified atom stereocenters. The molecule has 0 saturated carbocycles. The lowest BCUT2D eigenvalue weighted by Gasteiger charge is -2.07. The number of nitrogens with one attached hydrogen (secondary N) is 2. The zero-order chi connectivity index (χ0) is 10.1. The monoisotopic (exact) mass is 189 g/mol. The number of amides is 2. The minimum absolute atomic E-state index is 0.382. The predicted octanol–water partition coefficient (Wildman–Crippen LogP) is 0.222. The third-order valence-electron chi connectivity index (χ3n) is 1.50. The van der Waals surface area contributed by atoms with Crippen molar-refractivity contribution in [2.24, 2.45) is 11.8 Å². The number of hydrogen-bond acceptors (Lipinski definition) is 3. The van der Waals surface area contributed by atoms with Crippen molar-refractivity contribution in [3.8, 4) is 0 Å². The highest BCUT2D eigenvalue weighted by Gasteiger charge is 1.96. The van der Waals surface area contributed by atoms with Crippen LogP contribution < -0.4 is 16.6 Å². The van der Waals surface area contributed by atoms with Crippen LogP contribution in [0.4, 0.5) is 4.79 Å². The van der Waals surface area contributed by atoms with Crippen molar-refractivity contribution in [3.05, 3.63) is 0 Å². The number of urea groups is 1. The van der Waals surface area contributed by atoms with Crippen LogP contribution in [0, 0.1) is 5.92 Å². The highest BCUT2D eigenvalue weighted by atomic mass is 16.5. The minimum Gasteiger partial charge on any atom is -0.380 e. The largest absolute Gasteiger partial charge is 0.380 e. The van der Waals surface area contributed by atoms with E-state index in [1.165, 1.54) is 0 Å². The molecule has 4 N–H and O–H groups in total. The van der Waals surface area contributed by atoms with Crippen LogP contribution in [-0.4, -0.2) is 25.8 Å². The van der Waals surface area contributed by atoms with Crippen molar-refractivity contribution >= 4 is 6.03 Å². The molecule has 13 heavy (non-hydrogen) atoms. The van der Waals surface area contributed by atoms with Gasteiger partial charge in [-0.05, 0) is 12.3 Å². The molecule has 0 rings (SSSR count). The van der Waals surface area contributed by atoms with E-state index in [4.69, 9.17) is 10.6 Å². The minimum atomic E-state index is -0.382. The number of ether oxygens (including phenoxy) is 1. The molecule has 2 amide bonds. The van der Waals surface area contributed by atoms with Gasteiger partial charge in [-0.15, -0.1) is 0 Å². The molecule has 0 aliphatic carbocycles. The van der Waals surface area contributed by atoms with Gasteiger partial charge in [-0.3, -0.25) is 5.43 Å². The van der Waals surface area contributed by atoms with Crippen molar-refractivity contribution in [1.82, 2.24) is 10.7 Å². The van der Waals surface area contributed by atoms with Crippen molar-refractivity contribution in [2.45, 2.75) is 20.3 Å². The van der Waals surface area contributed by atoms with Crippen LogP contribution >= 0.6 is 0 Å². The van der Waals surface area contributed by atoms with Gasteiger partial charge in [0.25, 0.3) is 0 Å². The normalized spacial score (nSPS) is 10.2. The van der Waals surface area contributed by atoms with E-state index in [-0.39, 0.29) is 6.03 Å². The Morgan fingerprint density at radius 1 is 1.46 bits per heavy atom. The smallest absolute Gasteiger partial charge is 0.328 e. The van der Waals surface area contributed by atoms with Gasteiger partial charge in [0.1, 0.15) is 0 Å². The van der Waals surface area contributed by atoms with Crippen molar-refractivity contribution in [3.63, 3.8) is 0 Å². The molecule has 0 spiro atoms. The fourth-order valence-electron chi connectivity index (χ4n) is 0.709. The van der Waals surface area contributed by atoms with Crippen molar-refractivity contribution in [2.75, 3.05) is 19.8 Å². The number of nitrogens with two attached hydrogens (primary N) is 1. The van der Waals surface area contributed by atoms with Crippen LogP contribution in [0.5, 0.6) is 0 Å². The predicted molar refractivity (Wildman–Crippen MR) is 51.0 cm³/mol. The second-order valence-electron chi connectivity index (χ2n) is 3.20. The first-order valence-corrected chi connectivity index (χ1v) is 4.49. The van der Waals surface area contributed by atoms with Crippen LogP contribution in [-0.2, 0) is 4.74 Å². The average molecular weight is 189 g/mol. The summed E-state index contributed by atoms with van der Waals surface area (Å²) < 4.78 is 5.26. The Bertz CT molecular complexity index is 139. The van der Waals surface area contributed by atoms with Crippen LogP contribution in [0.2, 0.25) is 0 Å². The lowest BCUT2D eigenvalue weighted by Crippen LogP contribution is -2.41. The fraction of sp³-hybridized carbons (Fsp3) is 0.875. The molecule has 0 aromatic rings. The Kier molecular flexibility index (Phi) is 7.33. The molecule has 0 radical (unpaired) electrons. The molecular formula is C8H19N3O2. The number of hydrogen-bond donors (Lipinski definition) is 3. The summed E-state index contributed by atoms with van der Waals surface area (Å²) in [6.07, 6.45) is 1.04. The summed E-state index contributed by atoms with van der Waals surface area (Å²) in [6.45, 7) is 6.04. The summed E-state index contributed by atoms with van der Waals surface area (Å²) in [6, 6.07) is -0.382. The van der Waals surface area contributed by atoms with E-state index >= 15 is 0 Å². The van der Waals surface area contributed by atoms with Gasteiger partial charge in [0.15, 0.2) is 0 Å². The van der Waals surface area contributed by atoms with E-state index in [2.05, 4.69) is 19.2 Å². The first-order valence-electron chi connectivity index (χ1n) is 4.49. The Balaban J connectivity index is 3.04. The van der Waals surface area contributed by atoms with Gasteiger partial charge in [0.2, 0.25) is 0 Å². The summed E-state index contributed by atoms with van der Waals surface area (Å²) in [4.78, 5) is 10.5. The third-order valence-corrected chi connectivity index (χ3v) is 1.50. The molecular weight excluding hydrogens is 170 g/mol. The summed E-state index contributed by atoms with van der Waals surface area (Å²) >= 11 is 0.